The van der Waals surface area contributed by atoms with Gasteiger partial charge in [-0.25, -0.2) is 0 Å². The van der Waals surface area contributed by atoms with E-state index in [2.05, 4.69) is 42.5 Å². The first-order valence-electron chi connectivity index (χ1n) is 6.95. The molecule has 0 unspecified atom stereocenters. The second-order valence-electron chi connectivity index (χ2n) is 5.76. The largest absolute Gasteiger partial charge is 0.387 e. The molecule has 0 spiro atoms. The van der Waals surface area contributed by atoms with Crippen molar-refractivity contribution in [2.45, 2.75) is 31.6 Å². The molecule has 3 N–H and O–H groups in total. The number of nitrogens with two attached hydrogens (primary N) is 1. The van der Waals surface area contributed by atoms with Gasteiger partial charge in [0.2, 0.25) is 0 Å². The lowest BCUT2D eigenvalue weighted by Gasteiger charge is -2.22. The predicted octanol–water partition coefficient (Wildman–Crippen LogP) is 4.67. The predicted molar refractivity (Wildman–Crippen MR) is 89.6 cm³/mol. The van der Waals surface area contributed by atoms with Crippen molar-refractivity contribution in [3.05, 3.63) is 42.5 Å². The molecule has 2 aromatic carbocycles. The standard InChI is InChI=1S/C17H22N2S/c1-17(2,16(18)19)10-5-11-20-15-9-8-13-6-3-4-7-14(13)12-15/h3-4,6-9,12H,5,10-11H2,1-2H3,(H3,18,19). The zero-order valence-electron chi connectivity index (χ0n) is 12.1. The summed E-state index contributed by atoms with van der Waals surface area (Å²) >= 11 is 1.88. The summed E-state index contributed by atoms with van der Waals surface area (Å²) in [4.78, 5) is 1.31. The Hall–Kier alpha value is -1.48. The van der Waals surface area contributed by atoms with Crippen LogP contribution in [0.25, 0.3) is 10.8 Å². The van der Waals surface area contributed by atoms with E-state index < -0.39 is 0 Å². The maximum atomic E-state index is 7.56. The summed E-state index contributed by atoms with van der Waals surface area (Å²) in [5.41, 5.74) is 5.43. The van der Waals surface area contributed by atoms with E-state index in [1.807, 2.05) is 25.6 Å². The molecule has 0 aliphatic rings. The molecule has 0 bridgehead atoms. The summed E-state index contributed by atoms with van der Waals surface area (Å²) in [5, 5.41) is 10.1. The van der Waals surface area contributed by atoms with E-state index in [0.29, 0.717) is 0 Å². The molecule has 0 aliphatic carbocycles. The molecule has 0 fully saturated rings. The van der Waals surface area contributed by atoms with Gasteiger partial charge in [0, 0.05) is 10.3 Å². The summed E-state index contributed by atoms with van der Waals surface area (Å²) in [5.74, 6) is 1.35. The van der Waals surface area contributed by atoms with E-state index in [0.717, 1.165) is 18.6 Å². The van der Waals surface area contributed by atoms with E-state index in [9.17, 15) is 0 Å². The molecule has 0 aromatic heterocycles. The molecule has 2 nitrogen and oxygen atoms in total. The number of benzene rings is 2. The van der Waals surface area contributed by atoms with Crippen LogP contribution in [0.2, 0.25) is 0 Å². The molecule has 0 radical (unpaired) electrons. The number of fused-ring (bicyclic) bond motifs is 1. The normalized spacial score (nSPS) is 11.7. The number of hydrogen-bond donors (Lipinski definition) is 2. The van der Waals surface area contributed by atoms with Crippen molar-refractivity contribution in [1.82, 2.24) is 0 Å². The smallest absolute Gasteiger partial charge is 0.0963 e. The van der Waals surface area contributed by atoms with Crippen LogP contribution >= 0.6 is 11.8 Å². The van der Waals surface area contributed by atoms with Crippen molar-refractivity contribution in [2.75, 3.05) is 5.75 Å². The second kappa shape index (κ2) is 6.31. The first-order valence-corrected chi connectivity index (χ1v) is 7.94. The van der Waals surface area contributed by atoms with Crippen molar-refractivity contribution >= 4 is 28.4 Å². The monoisotopic (exact) mass is 286 g/mol. The average Bonchev–Trinajstić information content (AvgIpc) is 2.43. The Labute approximate surface area is 125 Å². The fourth-order valence-electron chi connectivity index (χ4n) is 2.10. The highest BCUT2D eigenvalue weighted by atomic mass is 32.2. The maximum absolute atomic E-state index is 7.56. The highest BCUT2D eigenvalue weighted by Crippen LogP contribution is 2.27. The zero-order chi connectivity index (χ0) is 14.6. The topological polar surface area (TPSA) is 49.9 Å². The summed E-state index contributed by atoms with van der Waals surface area (Å²) in [6.45, 7) is 4.08. The van der Waals surface area contributed by atoms with Gasteiger partial charge in [0.05, 0.1) is 5.84 Å². The van der Waals surface area contributed by atoms with Gasteiger partial charge in [-0.1, -0.05) is 44.2 Å². The highest BCUT2D eigenvalue weighted by Gasteiger charge is 2.20. The Kier molecular flexibility index (Phi) is 4.71. The van der Waals surface area contributed by atoms with E-state index in [1.165, 1.54) is 15.7 Å². The zero-order valence-corrected chi connectivity index (χ0v) is 13.0. The number of amidine groups is 1. The fraction of sp³-hybridized carbons (Fsp3) is 0.353. The van der Waals surface area contributed by atoms with Crippen molar-refractivity contribution in [3.63, 3.8) is 0 Å². The van der Waals surface area contributed by atoms with Crippen LogP contribution < -0.4 is 5.73 Å². The third-order valence-corrected chi connectivity index (χ3v) is 4.74. The van der Waals surface area contributed by atoms with Crippen LogP contribution in [-0.4, -0.2) is 11.6 Å². The second-order valence-corrected chi connectivity index (χ2v) is 6.93. The van der Waals surface area contributed by atoms with Gasteiger partial charge in [-0.3, -0.25) is 5.41 Å². The molecule has 0 aliphatic heterocycles. The first kappa shape index (κ1) is 14.9. The molecule has 2 rings (SSSR count). The van der Waals surface area contributed by atoms with Crippen LogP contribution in [0, 0.1) is 10.8 Å². The van der Waals surface area contributed by atoms with Crippen molar-refractivity contribution in [2.24, 2.45) is 11.1 Å². The van der Waals surface area contributed by atoms with Crippen LogP contribution in [0.3, 0.4) is 0 Å². The lowest BCUT2D eigenvalue weighted by atomic mass is 9.87. The highest BCUT2D eigenvalue weighted by molar-refractivity contribution is 7.99. The molecule has 3 heteroatoms. The lowest BCUT2D eigenvalue weighted by Crippen LogP contribution is -2.30. The van der Waals surface area contributed by atoms with Crippen LogP contribution in [0.15, 0.2) is 47.4 Å². The Morgan fingerprint density at radius 3 is 2.55 bits per heavy atom. The van der Waals surface area contributed by atoms with Crippen LogP contribution in [0.4, 0.5) is 0 Å². The van der Waals surface area contributed by atoms with Crippen molar-refractivity contribution in [3.8, 4) is 0 Å². The van der Waals surface area contributed by atoms with Gasteiger partial charge >= 0.3 is 0 Å². The summed E-state index contributed by atoms with van der Waals surface area (Å²) < 4.78 is 0. The number of hydrogen-bond acceptors (Lipinski definition) is 2. The molecule has 106 valence electrons. The third kappa shape index (κ3) is 3.76. The molecule has 0 saturated heterocycles. The van der Waals surface area contributed by atoms with Gasteiger partial charge in [-0.15, -0.1) is 11.8 Å². The van der Waals surface area contributed by atoms with Crippen LogP contribution in [-0.2, 0) is 0 Å². The Morgan fingerprint density at radius 2 is 1.85 bits per heavy atom. The van der Waals surface area contributed by atoms with Crippen LogP contribution in [0.1, 0.15) is 26.7 Å². The summed E-state index contributed by atoms with van der Waals surface area (Å²) in [6.07, 6.45) is 2.03. The van der Waals surface area contributed by atoms with Crippen LogP contribution in [0.5, 0.6) is 0 Å². The minimum Gasteiger partial charge on any atom is -0.387 e. The molecule has 2 aromatic rings. The lowest BCUT2D eigenvalue weighted by molar-refractivity contribution is 0.464. The van der Waals surface area contributed by atoms with E-state index in [-0.39, 0.29) is 11.3 Å². The molecule has 0 amide bonds. The number of thioether (sulfide) groups is 1. The first-order chi connectivity index (χ1) is 9.49. The average molecular weight is 286 g/mol. The van der Waals surface area contributed by atoms with Gasteiger partial charge in [-0.05, 0) is 41.5 Å². The van der Waals surface area contributed by atoms with E-state index in [1.54, 1.807) is 0 Å². The van der Waals surface area contributed by atoms with E-state index >= 15 is 0 Å². The molecular weight excluding hydrogens is 264 g/mol. The molecule has 0 saturated carbocycles. The number of nitrogens with one attached hydrogen (secondary N) is 1. The summed E-state index contributed by atoms with van der Waals surface area (Å²) in [7, 11) is 0. The van der Waals surface area contributed by atoms with Crippen molar-refractivity contribution < 1.29 is 0 Å². The molecule has 0 atom stereocenters. The Balaban J connectivity index is 1.88. The Bertz CT molecular complexity index is 605. The molecule has 20 heavy (non-hydrogen) atoms. The summed E-state index contributed by atoms with van der Waals surface area (Å²) in [6, 6.07) is 15.0. The van der Waals surface area contributed by atoms with Gasteiger partial charge < -0.3 is 5.73 Å². The van der Waals surface area contributed by atoms with Gasteiger partial charge in [0.1, 0.15) is 0 Å². The Morgan fingerprint density at radius 1 is 1.15 bits per heavy atom. The number of rotatable bonds is 6. The maximum Gasteiger partial charge on any atom is 0.0963 e. The SMILES string of the molecule is CC(C)(CCCSc1ccc2ccccc2c1)C(=N)N. The van der Waals surface area contributed by atoms with Gasteiger partial charge in [-0.2, -0.15) is 0 Å². The molecule has 0 heterocycles. The van der Waals surface area contributed by atoms with Gasteiger partial charge in [0.15, 0.2) is 0 Å². The quantitative estimate of drug-likeness (QED) is 0.351. The van der Waals surface area contributed by atoms with Gasteiger partial charge in [0.25, 0.3) is 0 Å². The van der Waals surface area contributed by atoms with Crippen molar-refractivity contribution in [1.29, 1.82) is 5.41 Å². The fourth-order valence-corrected chi connectivity index (χ4v) is 2.99. The minimum absolute atomic E-state index is 0.177. The van der Waals surface area contributed by atoms with E-state index in [4.69, 9.17) is 11.1 Å². The minimum atomic E-state index is -0.177. The third-order valence-electron chi connectivity index (χ3n) is 3.66. The molecular formula is C17H22N2S.